The van der Waals surface area contributed by atoms with E-state index in [9.17, 15) is 24.0 Å². The average Bonchev–Trinajstić information content (AvgIpc) is 4.22. The summed E-state index contributed by atoms with van der Waals surface area (Å²) in [6.07, 6.45) is 8.12. The molecule has 76 heavy (non-hydrogen) atoms. The van der Waals surface area contributed by atoms with Gasteiger partial charge in [0.1, 0.15) is 52.2 Å². The number of carbonyl (C=O) groups excluding carboxylic acids is 5. The lowest BCUT2D eigenvalue weighted by molar-refractivity contribution is -0.149. The van der Waals surface area contributed by atoms with E-state index in [1.54, 1.807) is 59.9 Å². The molecule has 3 amide bonds. The second kappa shape index (κ2) is 23.4. The first-order chi connectivity index (χ1) is 35.4. The number of hydrogen-bond acceptors (Lipinski definition) is 14. The first-order valence-corrected chi connectivity index (χ1v) is 26.2. The number of rotatable bonds is 17. The molecule has 6 fully saturated rings. The number of benzene rings is 2. The number of carbonyl (C=O) groups is 5. The van der Waals surface area contributed by atoms with Gasteiger partial charge in [-0.15, -0.1) is 38.0 Å². The van der Waals surface area contributed by atoms with E-state index in [1.165, 1.54) is 4.90 Å². The van der Waals surface area contributed by atoms with E-state index >= 15 is 0 Å². The predicted molar refractivity (Wildman–Crippen MR) is 292 cm³/mol. The molecule has 2 aromatic carbocycles. The van der Waals surface area contributed by atoms with Crippen molar-refractivity contribution in [1.29, 1.82) is 0 Å². The van der Waals surface area contributed by atoms with Crippen molar-refractivity contribution in [2.45, 2.75) is 139 Å². The Hall–Kier alpha value is -5.88. The van der Waals surface area contributed by atoms with Crippen molar-refractivity contribution in [3.05, 3.63) is 90.3 Å². The summed E-state index contributed by atoms with van der Waals surface area (Å²) in [5.74, 6) is 1.12. The van der Waals surface area contributed by atoms with Crippen molar-refractivity contribution >= 4 is 88.1 Å². The molecular formula is C56H69Cl3N6O11. The molecule has 17 nitrogen and oxygen atoms in total. The smallest absolute Gasteiger partial charge is 0.411 e. The number of nitrogens with zero attached hydrogens (tertiary/aromatic N) is 3. The quantitative estimate of drug-likeness (QED) is 0.0513. The Balaban J connectivity index is 0.000000218. The molecule has 6 aliphatic rings. The van der Waals surface area contributed by atoms with Crippen LogP contribution >= 0.6 is 36.4 Å². The number of ether oxygens (including phenoxy) is 6. The van der Waals surface area contributed by atoms with Crippen LogP contribution in [0.4, 0.5) is 4.79 Å². The number of esters is 2. The first kappa shape index (κ1) is 57.8. The standard InChI is InChI=1S/C30H36ClN3O6.C26H31N3O5.2ClH/c1-6-18-15-30(18,27(36)38-7-2)33-26(35)24-13-20(16-34(24)28(37)40-29(3,4)5)39-25-14-22(17-8-9-17)32-23-12-19(31)10-11-21(23)25;1-4-16-13-26(16,25(31)33-5-2)29-24(30)22-11-18(14-27-22)34-23-12-20(15-6-7-15)28-21-10-17(32-3)8-9-19(21)23;;/h6,10-12,14,17-18,20,24H,1,7-9,13,15-16H2,2-5H3,(H,33,35);4,8-10,12,15-16,18,22,27H,1,5-7,11,13-14H2,2-3H3,(H,29,30);2*1H/t18-,20-,24+,30-;16-,18-,22+,26-;;/m11../s1. The van der Waals surface area contributed by atoms with Crippen molar-refractivity contribution in [3.63, 3.8) is 0 Å². The maximum Gasteiger partial charge on any atom is 0.411 e. The number of likely N-dealkylation sites (tertiary alicyclic amines) is 1. The zero-order valence-corrected chi connectivity index (χ0v) is 46.2. The molecule has 410 valence electrons. The maximum atomic E-state index is 13.7. The van der Waals surface area contributed by atoms with Crippen LogP contribution in [0.1, 0.15) is 109 Å². The third-order valence-electron chi connectivity index (χ3n) is 14.5. The minimum Gasteiger partial charge on any atom is -0.497 e. The zero-order valence-electron chi connectivity index (χ0n) is 43.8. The maximum absolute atomic E-state index is 13.7. The van der Waals surface area contributed by atoms with E-state index in [0.717, 1.165) is 70.4 Å². The largest absolute Gasteiger partial charge is 0.497 e. The molecule has 2 saturated heterocycles. The van der Waals surface area contributed by atoms with Gasteiger partial charge in [-0.3, -0.25) is 24.5 Å². The normalized spacial score (nSPS) is 26.0. The molecule has 0 radical (unpaired) electrons. The molecule has 2 aromatic heterocycles. The van der Waals surface area contributed by atoms with Gasteiger partial charge in [-0.05, 0) is 103 Å². The van der Waals surface area contributed by atoms with Crippen LogP contribution in [0.3, 0.4) is 0 Å². The van der Waals surface area contributed by atoms with Crippen LogP contribution in [0.2, 0.25) is 5.02 Å². The minimum absolute atomic E-state index is 0. The van der Waals surface area contributed by atoms with Crippen LogP contribution in [-0.2, 0) is 33.4 Å². The summed E-state index contributed by atoms with van der Waals surface area (Å²) < 4.78 is 34.3. The highest BCUT2D eigenvalue weighted by atomic mass is 35.5. The van der Waals surface area contributed by atoms with E-state index in [2.05, 4.69) is 29.1 Å². The van der Waals surface area contributed by atoms with Gasteiger partial charge in [0, 0.05) is 88.4 Å². The van der Waals surface area contributed by atoms with Gasteiger partial charge in [0.25, 0.3) is 0 Å². The zero-order chi connectivity index (χ0) is 52.7. The van der Waals surface area contributed by atoms with Gasteiger partial charge >= 0.3 is 18.0 Å². The summed E-state index contributed by atoms with van der Waals surface area (Å²) in [6, 6.07) is 13.9. The van der Waals surface area contributed by atoms with Gasteiger partial charge < -0.3 is 44.4 Å². The predicted octanol–water partition coefficient (Wildman–Crippen LogP) is 8.84. The number of hydrogen-bond donors (Lipinski definition) is 3. The Bertz CT molecular complexity index is 2880. The van der Waals surface area contributed by atoms with Gasteiger partial charge in [0.15, 0.2) is 0 Å². The summed E-state index contributed by atoms with van der Waals surface area (Å²) in [5, 5.41) is 11.4. The number of fused-ring (bicyclic) bond motifs is 2. The molecule has 0 unspecified atom stereocenters. The second-order valence-corrected chi connectivity index (χ2v) is 21.6. The molecule has 10 rings (SSSR count). The van der Waals surface area contributed by atoms with Crippen LogP contribution in [0.25, 0.3) is 21.8 Å². The molecular weight excluding hydrogens is 1040 g/mol. The molecule has 4 saturated carbocycles. The van der Waals surface area contributed by atoms with Gasteiger partial charge in [-0.2, -0.15) is 0 Å². The van der Waals surface area contributed by atoms with Crippen molar-refractivity contribution in [2.75, 3.05) is 33.4 Å². The molecule has 4 aromatic rings. The van der Waals surface area contributed by atoms with Gasteiger partial charge in [0.2, 0.25) is 11.8 Å². The molecule has 8 atom stereocenters. The highest BCUT2D eigenvalue weighted by Crippen LogP contribution is 2.48. The van der Waals surface area contributed by atoms with Crippen molar-refractivity contribution in [3.8, 4) is 17.2 Å². The highest BCUT2D eigenvalue weighted by molar-refractivity contribution is 6.31. The molecule has 4 heterocycles. The summed E-state index contributed by atoms with van der Waals surface area (Å²) >= 11 is 6.25. The van der Waals surface area contributed by atoms with Crippen LogP contribution in [0, 0.1) is 11.8 Å². The lowest BCUT2D eigenvalue weighted by Crippen LogP contribution is -2.53. The van der Waals surface area contributed by atoms with E-state index in [1.807, 2.05) is 42.5 Å². The second-order valence-electron chi connectivity index (χ2n) is 21.2. The number of nitrogens with one attached hydrogen (secondary N) is 3. The number of aromatic nitrogens is 2. The topological polar surface area (TPSA) is 206 Å². The molecule has 20 heteroatoms. The summed E-state index contributed by atoms with van der Waals surface area (Å²) in [5.41, 5.74) is 0.650. The number of amides is 3. The fourth-order valence-corrected chi connectivity index (χ4v) is 10.2. The fraction of sp³-hybridized carbons (Fsp3) is 0.518. The van der Waals surface area contributed by atoms with Gasteiger partial charge in [-0.1, -0.05) is 23.8 Å². The lowest BCUT2D eigenvalue weighted by Gasteiger charge is -2.28. The number of pyridine rings is 2. The fourth-order valence-electron chi connectivity index (χ4n) is 10.0. The molecule has 3 N–H and O–H groups in total. The molecule has 4 aliphatic carbocycles. The summed E-state index contributed by atoms with van der Waals surface area (Å²) in [7, 11) is 1.64. The third-order valence-corrected chi connectivity index (χ3v) is 14.7. The third kappa shape index (κ3) is 12.6. The van der Waals surface area contributed by atoms with E-state index < -0.39 is 58.8 Å². The van der Waals surface area contributed by atoms with Gasteiger partial charge in [-0.25, -0.2) is 14.4 Å². The monoisotopic (exact) mass is 1110 g/mol. The molecule has 2 aliphatic heterocycles. The van der Waals surface area contributed by atoms with Crippen LogP contribution in [0.15, 0.2) is 73.8 Å². The van der Waals surface area contributed by atoms with E-state index in [4.69, 9.17) is 50.0 Å². The summed E-state index contributed by atoms with van der Waals surface area (Å²) in [6.45, 7) is 17.5. The number of halogens is 3. The first-order valence-electron chi connectivity index (χ1n) is 25.8. The number of methoxy groups -OCH3 is 1. The molecule has 0 spiro atoms. The van der Waals surface area contributed by atoms with Crippen LogP contribution in [0.5, 0.6) is 17.2 Å². The van der Waals surface area contributed by atoms with E-state index in [-0.39, 0.29) is 74.8 Å². The van der Waals surface area contributed by atoms with Crippen LogP contribution in [-0.4, -0.2) is 119 Å². The summed E-state index contributed by atoms with van der Waals surface area (Å²) in [4.78, 5) is 76.2. The Morgan fingerprint density at radius 2 is 1.29 bits per heavy atom. The Morgan fingerprint density at radius 3 is 1.79 bits per heavy atom. The minimum atomic E-state index is -1.17. The SMILES string of the molecule is C=C[C@@H]1C[C@]1(NC(=O)[C@@H]1C[C@@H](Oc2cc(C3CC3)nc3cc(Cl)ccc23)CN1C(=O)OC(C)(C)C)C(=O)OCC.C=C[C@@H]1C[C@]1(NC(=O)[C@@H]1C[C@@H](Oc2cc(C3CC3)nc3cc(OC)ccc23)CN1)C(=O)OCC.Cl.Cl. The lowest BCUT2D eigenvalue weighted by atomic mass is 10.1. The Morgan fingerprint density at radius 1 is 0.763 bits per heavy atom. The van der Waals surface area contributed by atoms with Crippen molar-refractivity contribution < 1.29 is 52.4 Å². The Kier molecular flexibility index (Phi) is 17.8. The van der Waals surface area contributed by atoms with Crippen molar-refractivity contribution in [2.24, 2.45) is 11.8 Å². The van der Waals surface area contributed by atoms with Crippen molar-refractivity contribution in [1.82, 2.24) is 30.8 Å². The average molecular weight is 1110 g/mol. The van der Waals surface area contributed by atoms with Crippen LogP contribution < -0.4 is 30.2 Å². The van der Waals surface area contributed by atoms with Gasteiger partial charge in [0.05, 0.1) is 43.9 Å². The highest BCUT2D eigenvalue weighted by Gasteiger charge is 2.63. The Labute approximate surface area is 460 Å². The van der Waals surface area contributed by atoms with E-state index in [0.29, 0.717) is 48.4 Å². The molecule has 0 bridgehead atoms.